The summed E-state index contributed by atoms with van der Waals surface area (Å²) in [5.41, 5.74) is 2.13. The molecule has 0 radical (unpaired) electrons. The maximum Gasteiger partial charge on any atom is 0.226 e. The van der Waals surface area contributed by atoms with Gasteiger partial charge in [-0.1, -0.05) is 13.8 Å². The molecule has 1 fully saturated rings. The lowest BCUT2D eigenvalue weighted by molar-refractivity contribution is -0.136. The van der Waals surface area contributed by atoms with E-state index in [9.17, 15) is 4.79 Å². The topological polar surface area (TPSA) is 48.0 Å². The minimum Gasteiger partial charge on any atom is -0.487 e. The van der Waals surface area contributed by atoms with Gasteiger partial charge in [-0.25, -0.2) is 0 Å². The van der Waals surface area contributed by atoms with Crippen LogP contribution < -0.4 is 9.47 Å². The van der Waals surface area contributed by atoms with Gasteiger partial charge in [0.1, 0.15) is 13.2 Å². The molecule has 32 heavy (non-hydrogen) atoms. The molecule has 1 saturated heterocycles. The first-order chi connectivity index (χ1) is 15.6. The number of hydrogen-bond acceptors (Lipinski definition) is 5. The van der Waals surface area contributed by atoms with Gasteiger partial charge in [0.05, 0.1) is 12.6 Å². The van der Waals surface area contributed by atoms with Crippen molar-refractivity contribution in [3.05, 3.63) is 34.7 Å². The molecule has 5 nitrogen and oxygen atoms in total. The number of benzene rings is 1. The third kappa shape index (κ3) is 5.29. The quantitative estimate of drug-likeness (QED) is 0.525. The van der Waals surface area contributed by atoms with Crippen molar-refractivity contribution < 1.29 is 19.0 Å². The fourth-order valence-electron chi connectivity index (χ4n) is 4.53. The van der Waals surface area contributed by atoms with Crippen LogP contribution in [0.3, 0.4) is 0 Å². The van der Waals surface area contributed by atoms with E-state index in [1.807, 2.05) is 4.90 Å². The molecule has 2 aromatic rings. The fraction of sp³-hybridized carbons (Fsp3) is 0.577. The summed E-state index contributed by atoms with van der Waals surface area (Å²) in [7, 11) is 0. The van der Waals surface area contributed by atoms with E-state index in [2.05, 4.69) is 45.0 Å². The molecular formula is C26H35NO4S. The number of aryl methyl sites for hydroxylation is 1. The van der Waals surface area contributed by atoms with Crippen molar-refractivity contribution in [1.29, 1.82) is 0 Å². The Morgan fingerprint density at radius 2 is 2.06 bits per heavy atom. The predicted octanol–water partition coefficient (Wildman–Crippen LogP) is 5.83. The van der Waals surface area contributed by atoms with Crippen LogP contribution in [0.5, 0.6) is 11.5 Å². The average molecular weight is 458 g/mol. The number of rotatable bonds is 7. The third-order valence-corrected chi connectivity index (χ3v) is 7.52. The lowest BCUT2D eigenvalue weighted by Crippen LogP contribution is -2.36. The van der Waals surface area contributed by atoms with E-state index in [0.717, 1.165) is 54.9 Å². The Balaban J connectivity index is 1.64. The maximum absolute atomic E-state index is 13.1. The predicted molar refractivity (Wildman–Crippen MR) is 129 cm³/mol. The van der Waals surface area contributed by atoms with Gasteiger partial charge >= 0.3 is 0 Å². The van der Waals surface area contributed by atoms with E-state index >= 15 is 0 Å². The van der Waals surface area contributed by atoms with Crippen LogP contribution >= 0.6 is 11.3 Å². The summed E-state index contributed by atoms with van der Waals surface area (Å²) in [4.78, 5) is 17.6. The van der Waals surface area contributed by atoms with Crippen molar-refractivity contribution in [2.45, 2.75) is 65.5 Å². The van der Waals surface area contributed by atoms with E-state index in [-0.39, 0.29) is 17.9 Å². The van der Waals surface area contributed by atoms with Gasteiger partial charge in [0.2, 0.25) is 5.91 Å². The molecule has 0 unspecified atom stereocenters. The molecule has 0 bridgehead atoms. The Kier molecular flexibility index (Phi) is 7.74. The van der Waals surface area contributed by atoms with Crippen molar-refractivity contribution in [3.63, 3.8) is 0 Å². The lowest BCUT2D eigenvalue weighted by atomic mass is 10.0. The Bertz CT molecular complexity index is 915. The van der Waals surface area contributed by atoms with Gasteiger partial charge in [-0.05, 0) is 68.9 Å². The Hall–Kier alpha value is -2.05. The molecule has 2 aliphatic heterocycles. The van der Waals surface area contributed by atoms with Crippen LogP contribution in [0.1, 0.15) is 56.4 Å². The summed E-state index contributed by atoms with van der Waals surface area (Å²) >= 11 is 1.77. The normalized spacial score (nSPS) is 18.8. The molecule has 3 heterocycles. The van der Waals surface area contributed by atoms with E-state index < -0.39 is 0 Å². The first-order valence-corrected chi connectivity index (χ1v) is 12.8. The second kappa shape index (κ2) is 10.7. The number of fused-ring (bicyclic) bond motifs is 1. The number of carbonyl (C=O) groups excluding carboxylic acids is 1. The van der Waals surface area contributed by atoms with Crippen molar-refractivity contribution in [3.8, 4) is 21.9 Å². The van der Waals surface area contributed by atoms with Gasteiger partial charge in [0.15, 0.2) is 11.5 Å². The largest absolute Gasteiger partial charge is 0.487 e. The highest BCUT2D eigenvalue weighted by atomic mass is 32.1. The van der Waals surface area contributed by atoms with E-state index in [0.29, 0.717) is 26.3 Å². The maximum atomic E-state index is 13.1. The number of nitrogens with zero attached hydrogens (tertiary/aromatic N) is 1. The molecule has 0 spiro atoms. The Morgan fingerprint density at radius 1 is 1.22 bits per heavy atom. The summed E-state index contributed by atoms with van der Waals surface area (Å²) in [6.07, 6.45) is 5.20. The number of ether oxygens (including phenoxy) is 3. The molecule has 6 heteroatoms. The van der Waals surface area contributed by atoms with Crippen molar-refractivity contribution in [1.82, 2.24) is 4.90 Å². The molecule has 1 atom stereocenters. The molecule has 174 valence electrons. The second-order valence-electron chi connectivity index (χ2n) is 8.79. The second-order valence-corrected chi connectivity index (χ2v) is 10.1. The SMILES string of the molecule is CCC(CC)C(=O)N1CCOc2c(cc(-c3ccc(C)s3)cc2OC[C@H]2CCCCO2)C1. The van der Waals surface area contributed by atoms with Crippen LogP contribution in [-0.4, -0.2) is 43.3 Å². The highest BCUT2D eigenvalue weighted by molar-refractivity contribution is 7.15. The summed E-state index contributed by atoms with van der Waals surface area (Å²) in [6, 6.07) is 8.55. The van der Waals surface area contributed by atoms with Crippen molar-refractivity contribution >= 4 is 17.2 Å². The summed E-state index contributed by atoms with van der Waals surface area (Å²) in [5, 5.41) is 0. The highest BCUT2D eigenvalue weighted by Crippen LogP contribution is 2.40. The molecule has 1 aromatic heterocycles. The Morgan fingerprint density at radius 3 is 2.75 bits per heavy atom. The number of carbonyl (C=O) groups is 1. The smallest absolute Gasteiger partial charge is 0.226 e. The van der Waals surface area contributed by atoms with Gasteiger partial charge in [-0.15, -0.1) is 11.3 Å². The molecule has 1 aromatic carbocycles. The molecule has 1 amide bonds. The van der Waals surface area contributed by atoms with Gasteiger partial charge in [-0.2, -0.15) is 0 Å². The molecule has 0 saturated carbocycles. The van der Waals surface area contributed by atoms with Crippen LogP contribution in [0.25, 0.3) is 10.4 Å². The van der Waals surface area contributed by atoms with Crippen molar-refractivity contribution in [2.24, 2.45) is 5.92 Å². The van der Waals surface area contributed by atoms with Gasteiger partial charge in [0.25, 0.3) is 0 Å². The first kappa shape index (κ1) is 23.1. The Labute approximate surface area is 195 Å². The standard InChI is InChI=1S/C26H35NO4S/c1-4-19(5-2)26(28)27-11-13-30-25-21(16-27)14-20(24-10-9-18(3)32-24)15-23(25)31-17-22-8-6-7-12-29-22/h9-10,14-15,19,22H,4-8,11-13,16-17H2,1-3H3/t22-/m1/s1. The van der Waals surface area contributed by atoms with Gasteiger partial charge in [-0.3, -0.25) is 4.79 Å². The summed E-state index contributed by atoms with van der Waals surface area (Å²) < 4.78 is 18.4. The minimum atomic E-state index is 0.0684. The number of amides is 1. The van der Waals surface area contributed by atoms with E-state index in [4.69, 9.17) is 14.2 Å². The van der Waals surface area contributed by atoms with Gasteiger partial charge in [0, 0.05) is 34.4 Å². The van der Waals surface area contributed by atoms with E-state index in [1.54, 1.807) is 11.3 Å². The zero-order valence-electron chi connectivity index (χ0n) is 19.5. The monoisotopic (exact) mass is 457 g/mol. The van der Waals surface area contributed by atoms with Crippen LogP contribution in [-0.2, 0) is 16.1 Å². The lowest BCUT2D eigenvalue weighted by Gasteiger charge is -2.25. The van der Waals surface area contributed by atoms with Crippen LogP contribution in [0, 0.1) is 12.8 Å². The zero-order chi connectivity index (χ0) is 22.5. The third-order valence-electron chi connectivity index (χ3n) is 6.47. The number of hydrogen-bond donors (Lipinski definition) is 0. The number of thiophene rings is 1. The molecule has 0 N–H and O–H groups in total. The summed E-state index contributed by atoms with van der Waals surface area (Å²) in [6.45, 7) is 9.27. The minimum absolute atomic E-state index is 0.0684. The van der Waals surface area contributed by atoms with Crippen LogP contribution in [0.2, 0.25) is 0 Å². The van der Waals surface area contributed by atoms with E-state index in [1.165, 1.54) is 16.2 Å². The molecule has 0 aliphatic carbocycles. The van der Waals surface area contributed by atoms with Crippen molar-refractivity contribution in [2.75, 3.05) is 26.4 Å². The zero-order valence-corrected chi connectivity index (χ0v) is 20.3. The first-order valence-electron chi connectivity index (χ1n) is 12.0. The fourth-order valence-corrected chi connectivity index (χ4v) is 5.38. The summed E-state index contributed by atoms with van der Waals surface area (Å²) in [5.74, 6) is 1.83. The van der Waals surface area contributed by atoms with Crippen LogP contribution in [0.15, 0.2) is 24.3 Å². The molecule has 4 rings (SSSR count). The van der Waals surface area contributed by atoms with Gasteiger partial charge < -0.3 is 19.1 Å². The molecular weight excluding hydrogens is 422 g/mol. The molecule has 2 aliphatic rings. The van der Waals surface area contributed by atoms with Crippen LogP contribution in [0.4, 0.5) is 0 Å². The highest BCUT2D eigenvalue weighted by Gasteiger charge is 2.27. The average Bonchev–Trinajstić information content (AvgIpc) is 3.13.